The first kappa shape index (κ1) is 14.3. The second-order valence-corrected chi connectivity index (χ2v) is 4.66. The van der Waals surface area contributed by atoms with Crippen molar-refractivity contribution in [2.45, 2.75) is 27.3 Å². The molecule has 0 aliphatic rings. The predicted octanol–water partition coefficient (Wildman–Crippen LogP) is 1.83. The summed E-state index contributed by atoms with van der Waals surface area (Å²) in [6.07, 6.45) is 0. The van der Waals surface area contributed by atoms with Crippen LogP contribution in [0.25, 0.3) is 0 Å². The van der Waals surface area contributed by atoms with Crippen molar-refractivity contribution in [3.8, 4) is 0 Å². The Morgan fingerprint density at radius 2 is 2.12 bits per heavy atom. The normalized spacial score (nSPS) is 11.1. The molecule has 0 spiro atoms. The van der Waals surface area contributed by atoms with Gasteiger partial charge in [-0.1, -0.05) is 18.3 Å². The zero-order chi connectivity index (χ0) is 12.5. The fourth-order valence-corrected chi connectivity index (χ4v) is 2.27. The van der Waals surface area contributed by atoms with Gasteiger partial charge in [0.05, 0.1) is 13.2 Å². The maximum absolute atomic E-state index is 5.36. The Balaban J connectivity index is 2.37. The smallest absolute Gasteiger partial charge is 0.205 e. The topological polar surface area (TPSA) is 50.3 Å². The van der Waals surface area contributed by atoms with Crippen LogP contribution < -0.4 is 5.32 Å². The van der Waals surface area contributed by atoms with Gasteiger partial charge in [0.25, 0.3) is 0 Å². The van der Waals surface area contributed by atoms with E-state index >= 15 is 0 Å². The van der Waals surface area contributed by atoms with Gasteiger partial charge in [-0.2, -0.15) is 0 Å². The second kappa shape index (κ2) is 8.38. The molecular formula is C11H22N4OS. The minimum absolute atomic E-state index is 0.779. The molecule has 0 radical (unpaired) electrons. The summed E-state index contributed by atoms with van der Waals surface area (Å²) in [6.45, 7) is 11.5. The van der Waals surface area contributed by atoms with Crippen LogP contribution in [-0.2, 0) is 11.3 Å². The van der Waals surface area contributed by atoms with Crippen molar-refractivity contribution in [2.24, 2.45) is 0 Å². The monoisotopic (exact) mass is 258 g/mol. The van der Waals surface area contributed by atoms with E-state index in [1.54, 1.807) is 11.3 Å². The lowest BCUT2D eigenvalue weighted by atomic mass is 10.5. The van der Waals surface area contributed by atoms with E-state index in [1.807, 2.05) is 6.92 Å². The molecule has 98 valence electrons. The van der Waals surface area contributed by atoms with Gasteiger partial charge in [0.1, 0.15) is 5.01 Å². The first-order chi connectivity index (χ1) is 8.30. The molecule has 0 saturated carbocycles. The summed E-state index contributed by atoms with van der Waals surface area (Å²) in [6, 6.07) is 0. The van der Waals surface area contributed by atoms with Gasteiger partial charge in [-0.05, 0) is 20.4 Å². The maximum atomic E-state index is 5.36. The molecule has 0 aliphatic heterocycles. The predicted molar refractivity (Wildman–Crippen MR) is 71.5 cm³/mol. The van der Waals surface area contributed by atoms with Gasteiger partial charge in [-0.25, -0.2) is 0 Å². The third-order valence-corrected chi connectivity index (χ3v) is 3.22. The third-order valence-electron chi connectivity index (χ3n) is 2.36. The SMILES string of the molecule is CCNc1nnc(CN(CC)CCOCC)s1. The van der Waals surface area contributed by atoms with Crippen molar-refractivity contribution in [3.05, 3.63) is 5.01 Å². The molecule has 1 aromatic rings. The summed E-state index contributed by atoms with van der Waals surface area (Å²) in [4.78, 5) is 2.31. The molecule has 0 amide bonds. The van der Waals surface area contributed by atoms with E-state index in [-0.39, 0.29) is 0 Å². The molecule has 17 heavy (non-hydrogen) atoms. The average molecular weight is 258 g/mol. The molecule has 0 aromatic carbocycles. The highest BCUT2D eigenvalue weighted by Gasteiger charge is 2.08. The summed E-state index contributed by atoms with van der Waals surface area (Å²) < 4.78 is 5.36. The number of nitrogens with one attached hydrogen (secondary N) is 1. The van der Waals surface area contributed by atoms with Crippen molar-refractivity contribution in [1.29, 1.82) is 0 Å². The lowest BCUT2D eigenvalue weighted by Gasteiger charge is -2.18. The highest BCUT2D eigenvalue weighted by molar-refractivity contribution is 7.15. The lowest BCUT2D eigenvalue weighted by molar-refractivity contribution is 0.113. The Hall–Kier alpha value is -0.720. The van der Waals surface area contributed by atoms with Gasteiger partial charge in [0.15, 0.2) is 0 Å². The third kappa shape index (κ3) is 5.43. The standard InChI is InChI=1S/C11H22N4OS/c1-4-12-11-14-13-10(17-11)9-15(5-2)7-8-16-6-3/h4-9H2,1-3H3,(H,12,14). The number of hydrogen-bond acceptors (Lipinski definition) is 6. The van der Waals surface area contributed by atoms with Crippen molar-refractivity contribution in [1.82, 2.24) is 15.1 Å². The Labute approximate surface area is 107 Å². The molecule has 0 unspecified atom stereocenters. The van der Waals surface area contributed by atoms with Gasteiger partial charge in [-0.15, -0.1) is 10.2 Å². The number of ether oxygens (including phenoxy) is 1. The Bertz CT molecular complexity index is 305. The number of anilines is 1. The van der Waals surface area contributed by atoms with Crippen LogP contribution in [-0.4, -0.2) is 47.9 Å². The lowest BCUT2D eigenvalue weighted by Crippen LogP contribution is -2.27. The first-order valence-electron chi connectivity index (χ1n) is 6.16. The van der Waals surface area contributed by atoms with Crippen LogP contribution in [0.2, 0.25) is 0 Å². The van der Waals surface area contributed by atoms with Gasteiger partial charge in [0.2, 0.25) is 5.13 Å². The van der Waals surface area contributed by atoms with E-state index in [9.17, 15) is 0 Å². The molecule has 1 heterocycles. The molecule has 0 atom stereocenters. The zero-order valence-corrected chi connectivity index (χ0v) is 11.7. The number of aromatic nitrogens is 2. The maximum Gasteiger partial charge on any atom is 0.205 e. The highest BCUT2D eigenvalue weighted by atomic mass is 32.1. The molecule has 0 saturated heterocycles. The van der Waals surface area contributed by atoms with Crippen LogP contribution in [0.1, 0.15) is 25.8 Å². The van der Waals surface area contributed by atoms with Crippen molar-refractivity contribution < 1.29 is 4.74 Å². The van der Waals surface area contributed by atoms with E-state index in [0.717, 1.165) is 49.5 Å². The quantitative estimate of drug-likeness (QED) is 0.685. The van der Waals surface area contributed by atoms with Crippen LogP contribution in [0, 0.1) is 0 Å². The molecule has 1 aromatic heterocycles. The molecule has 6 heteroatoms. The average Bonchev–Trinajstić information content (AvgIpc) is 2.76. The van der Waals surface area contributed by atoms with Crippen molar-refractivity contribution in [2.75, 3.05) is 38.2 Å². The van der Waals surface area contributed by atoms with Crippen LogP contribution in [0.5, 0.6) is 0 Å². The summed E-state index contributed by atoms with van der Waals surface area (Å²) in [5, 5.41) is 13.4. The molecule has 0 fully saturated rings. The summed E-state index contributed by atoms with van der Waals surface area (Å²) in [5.74, 6) is 0. The summed E-state index contributed by atoms with van der Waals surface area (Å²) in [5.41, 5.74) is 0. The minimum atomic E-state index is 0.779. The van der Waals surface area contributed by atoms with E-state index in [0.29, 0.717) is 0 Å². The van der Waals surface area contributed by atoms with E-state index in [4.69, 9.17) is 4.74 Å². The van der Waals surface area contributed by atoms with Gasteiger partial charge < -0.3 is 10.1 Å². The number of nitrogens with zero attached hydrogens (tertiary/aromatic N) is 3. The minimum Gasteiger partial charge on any atom is -0.380 e. The second-order valence-electron chi connectivity index (χ2n) is 3.60. The first-order valence-corrected chi connectivity index (χ1v) is 6.98. The van der Waals surface area contributed by atoms with Crippen LogP contribution in [0.3, 0.4) is 0 Å². The molecule has 0 bridgehead atoms. The van der Waals surface area contributed by atoms with Crippen LogP contribution in [0.15, 0.2) is 0 Å². The van der Waals surface area contributed by atoms with Crippen molar-refractivity contribution in [3.63, 3.8) is 0 Å². The number of hydrogen-bond donors (Lipinski definition) is 1. The molecule has 1 rings (SSSR count). The zero-order valence-electron chi connectivity index (χ0n) is 10.9. The molecule has 0 aliphatic carbocycles. The number of likely N-dealkylation sites (N-methyl/N-ethyl adjacent to an activating group) is 1. The Morgan fingerprint density at radius 1 is 1.29 bits per heavy atom. The Morgan fingerprint density at radius 3 is 2.76 bits per heavy atom. The largest absolute Gasteiger partial charge is 0.380 e. The highest BCUT2D eigenvalue weighted by Crippen LogP contribution is 2.16. The van der Waals surface area contributed by atoms with E-state index in [2.05, 4.69) is 34.3 Å². The molecular weight excluding hydrogens is 236 g/mol. The van der Waals surface area contributed by atoms with Gasteiger partial charge in [-0.3, -0.25) is 4.90 Å². The van der Waals surface area contributed by atoms with Crippen LogP contribution in [0.4, 0.5) is 5.13 Å². The fourth-order valence-electron chi connectivity index (χ4n) is 1.42. The van der Waals surface area contributed by atoms with Gasteiger partial charge in [0, 0.05) is 19.7 Å². The van der Waals surface area contributed by atoms with E-state index < -0.39 is 0 Å². The van der Waals surface area contributed by atoms with Crippen molar-refractivity contribution >= 4 is 16.5 Å². The summed E-state index contributed by atoms with van der Waals surface area (Å²) in [7, 11) is 0. The van der Waals surface area contributed by atoms with E-state index in [1.165, 1.54) is 0 Å². The Kier molecular flexibility index (Phi) is 7.07. The fraction of sp³-hybridized carbons (Fsp3) is 0.818. The molecule has 5 nitrogen and oxygen atoms in total. The van der Waals surface area contributed by atoms with Crippen LogP contribution >= 0.6 is 11.3 Å². The number of rotatable bonds is 9. The molecule has 1 N–H and O–H groups in total. The van der Waals surface area contributed by atoms with Gasteiger partial charge >= 0.3 is 0 Å². The summed E-state index contributed by atoms with van der Waals surface area (Å²) >= 11 is 1.62.